The Morgan fingerprint density at radius 1 is 1.44 bits per heavy atom. The summed E-state index contributed by atoms with van der Waals surface area (Å²) in [5.41, 5.74) is 0. The molecule has 0 aliphatic carbocycles. The smallest absolute Gasteiger partial charge is 0.323 e. The number of carbonyl (C=O) groups is 2. The van der Waals surface area contributed by atoms with E-state index in [9.17, 15) is 9.59 Å². The Morgan fingerprint density at radius 3 is 2.50 bits per heavy atom. The van der Waals surface area contributed by atoms with Crippen molar-refractivity contribution in [2.45, 2.75) is 26.3 Å². The van der Waals surface area contributed by atoms with Gasteiger partial charge in [0, 0.05) is 12.6 Å². The zero-order valence-corrected chi connectivity index (χ0v) is 10.8. The molecule has 0 aromatic rings. The van der Waals surface area contributed by atoms with Crippen LogP contribution in [0.5, 0.6) is 0 Å². The number of hydrogen-bond donors (Lipinski definition) is 2. The number of carboxylic acid groups (broad SMARTS) is 1. The first-order valence-electron chi connectivity index (χ1n) is 5.24. The molecule has 0 aromatic carbocycles. The molecule has 0 aliphatic rings. The SMILES string of the molecule is CSCCCNC(=O)N(CC(=O)O)C(C)C. The minimum atomic E-state index is -0.993. The maximum Gasteiger partial charge on any atom is 0.323 e. The fourth-order valence-electron chi connectivity index (χ4n) is 1.15. The average Bonchev–Trinajstić information content (AvgIpc) is 2.20. The minimum absolute atomic E-state index is 0.114. The third-order valence-corrected chi connectivity index (χ3v) is 2.69. The highest BCUT2D eigenvalue weighted by Gasteiger charge is 2.18. The molecule has 0 atom stereocenters. The molecule has 0 bridgehead atoms. The second-order valence-electron chi connectivity index (χ2n) is 3.69. The zero-order chi connectivity index (χ0) is 12.6. The van der Waals surface area contributed by atoms with Crippen molar-refractivity contribution in [2.75, 3.05) is 25.1 Å². The Hall–Kier alpha value is -0.910. The predicted octanol–water partition coefficient (Wildman–Crippen LogP) is 1.24. The van der Waals surface area contributed by atoms with Gasteiger partial charge in [0.1, 0.15) is 6.54 Å². The fourth-order valence-corrected chi connectivity index (χ4v) is 1.58. The molecule has 0 saturated carbocycles. The van der Waals surface area contributed by atoms with Crippen LogP contribution in [0.25, 0.3) is 0 Å². The van der Waals surface area contributed by atoms with Gasteiger partial charge in [-0.25, -0.2) is 4.79 Å². The normalized spacial score (nSPS) is 10.2. The van der Waals surface area contributed by atoms with E-state index in [1.54, 1.807) is 25.6 Å². The molecule has 0 radical (unpaired) electrons. The molecule has 94 valence electrons. The number of thioether (sulfide) groups is 1. The van der Waals surface area contributed by atoms with Gasteiger partial charge in [0.05, 0.1) is 0 Å². The van der Waals surface area contributed by atoms with Crippen LogP contribution in [0.2, 0.25) is 0 Å². The highest BCUT2D eigenvalue weighted by molar-refractivity contribution is 7.98. The van der Waals surface area contributed by atoms with Crippen LogP contribution in [0, 0.1) is 0 Å². The summed E-state index contributed by atoms with van der Waals surface area (Å²) in [7, 11) is 0. The van der Waals surface area contributed by atoms with Crippen LogP contribution in [-0.4, -0.2) is 53.1 Å². The molecule has 0 spiro atoms. The van der Waals surface area contributed by atoms with E-state index in [2.05, 4.69) is 5.32 Å². The standard InChI is InChI=1S/C10H20N2O3S/c1-8(2)12(7-9(13)14)10(15)11-5-4-6-16-3/h8H,4-7H2,1-3H3,(H,11,15)(H,13,14). The fraction of sp³-hybridized carbons (Fsp3) is 0.800. The topological polar surface area (TPSA) is 69.6 Å². The van der Waals surface area contributed by atoms with E-state index in [0.717, 1.165) is 12.2 Å². The number of carbonyl (C=O) groups excluding carboxylic acids is 1. The Kier molecular flexibility index (Phi) is 7.80. The van der Waals surface area contributed by atoms with E-state index >= 15 is 0 Å². The van der Waals surface area contributed by atoms with Gasteiger partial charge in [0.15, 0.2) is 0 Å². The van der Waals surface area contributed by atoms with Crippen molar-refractivity contribution in [1.29, 1.82) is 0 Å². The number of nitrogens with one attached hydrogen (secondary N) is 1. The summed E-state index contributed by atoms with van der Waals surface area (Å²) in [6.45, 7) is 3.92. The second-order valence-corrected chi connectivity index (χ2v) is 4.68. The largest absolute Gasteiger partial charge is 0.480 e. The quantitative estimate of drug-likeness (QED) is 0.665. The van der Waals surface area contributed by atoms with E-state index in [1.807, 2.05) is 6.26 Å². The lowest BCUT2D eigenvalue weighted by atomic mass is 10.3. The molecule has 0 aliphatic heterocycles. The summed E-state index contributed by atoms with van der Waals surface area (Å²) >= 11 is 1.72. The molecule has 0 heterocycles. The van der Waals surface area contributed by atoms with Crippen molar-refractivity contribution < 1.29 is 14.7 Å². The molecule has 0 saturated heterocycles. The van der Waals surface area contributed by atoms with Gasteiger partial charge in [0.25, 0.3) is 0 Å². The van der Waals surface area contributed by atoms with Crippen molar-refractivity contribution >= 4 is 23.8 Å². The Bertz CT molecular complexity index is 234. The lowest BCUT2D eigenvalue weighted by Crippen LogP contribution is -2.46. The maximum atomic E-state index is 11.6. The van der Waals surface area contributed by atoms with E-state index in [0.29, 0.717) is 6.54 Å². The van der Waals surface area contributed by atoms with E-state index in [-0.39, 0.29) is 18.6 Å². The lowest BCUT2D eigenvalue weighted by molar-refractivity contribution is -0.138. The van der Waals surface area contributed by atoms with Crippen molar-refractivity contribution in [3.05, 3.63) is 0 Å². The first kappa shape index (κ1) is 15.1. The minimum Gasteiger partial charge on any atom is -0.480 e. The van der Waals surface area contributed by atoms with Crippen molar-refractivity contribution in [3.8, 4) is 0 Å². The van der Waals surface area contributed by atoms with Crippen LogP contribution < -0.4 is 5.32 Å². The first-order chi connectivity index (χ1) is 7.49. The second kappa shape index (κ2) is 8.27. The molecule has 6 heteroatoms. The van der Waals surface area contributed by atoms with Crippen molar-refractivity contribution in [3.63, 3.8) is 0 Å². The molecular weight excluding hydrogens is 228 g/mol. The Morgan fingerprint density at radius 2 is 2.06 bits per heavy atom. The Labute approximate surface area is 101 Å². The molecule has 2 N–H and O–H groups in total. The number of amides is 2. The van der Waals surface area contributed by atoms with Gasteiger partial charge in [-0.2, -0.15) is 11.8 Å². The van der Waals surface area contributed by atoms with Gasteiger partial charge in [-0.05, 0) is 32.3 Å². The van der Waals surface area contributed by atoms with Gasteiger partial charge in [-0.3, -0.25) is 4.79 Å². The van der Waals surface area contributed by atoms with Crippen LogP contribution in [-0.2, 0) is 4.79 Å². The summed E-state index contributed by atoms with van der Waals surface area (Å²) < 4.78 is 0. The van der Waals surface area contributed by atoms with Crippen LogP contribution in [0.15, 0.2) is 0 Å². The summed E-state index contributed by atoms with van der Waals surface area (Å²) in [5.74, 6) is -0.00563. The summed E-state index contributed by atoms with van der Waals surface area (Å²) in [4.78, 5) is 23.5. The van der Waals surface area contributed by atoms with E-state index < -0.39 is 5.97 Å². The lowest BCUT2D eigenvalue weighted by Gasteiger charge is -2.25. The summed E-state index contributed by atoms with van der Waals surface area (Å²) in [6, 6.07) is -0.421. The number of nitrogens with zero attached hydrogens (tertiary/aromatic N) is 1. The molecule has 2 amide bonds. The van der Waals surface area contributed by atoms with Crippen LogP contribution >= 0.6 is 11.8 Å². The third-order valence-electron chi connectivity index (χ3n) is 1.99. The third kappa shape index (κ3) is 6.55. The Balaban J connectivity index is 4.02. The van der Waals surface area contributed by atoms with Crippen molar-refractivity contribution in [1.82, 2.24) is 10.2 Å². The van der Waals surface area contributed by atoms with Gasteiger partial charge in [0.2, 0.25) is 0 Å². The highest BCUT2D eigenvalue weighted by atomic mass is 32.2. The molecule has 0 fully saturated rings. The molecule has 0 unspecified atom stereocenters. The number of aliphatic carboxylic acids is 1. The van der Waals surface area contributed by atoms with E-state index in [4.69, 9.17) is 5.11 Å². The molecular formula is C10H20N2O3S. The molecule has 0 rings (SSSR count). The molecule has 5 nitrogen and oxygen atoms in total. The predicted molar refractivity (Wildman–Crippen MR) is 65.9 cm³/mol. The number of rotatable bonds is 7. The number of hydrogen-bond acceptors (Lipinski definition) is 3. The molecule has 0 aromatic heterocycles. The number of carboxylic acids is 1. The monoisotopic (exact) mass is 248 g/mol. The van der Waals surface area contributed by atoms with Crippen LogP contribution in [0.4, 0.5) is 4.79 Å². The maximum absolute atomic E-state index is 11.6. The summed E-state index contributed by atoms with van der Waals surface area (Å²) in [5, 5.41) is 11.4. The average molecular weight is 248 g/mol. The number of urea groups is 1. The first-order valence-corrected chi connectivity index (χ1v) is 6.63. The zero-order valence-electron chi connectivity index (χ0n) is 10.0. The van der Waals surface area contributed by atoms with Crippen LogP contribution in [0.1, 0.15) is 20.3 Å². The summed E-state index contributed by atoms with van der Waals surface area (Å²) in [6.07, 6.45) is 2.90. The van der Waals surface area contributed by atoms with E-state index in [1.165, 1.54) is 4.90 Å². The van der Waals surface area contributed by atoms with Gasteiger partial charge in [-0.1, -0.05) is 0 Å². The van der Waals surface area contributed by atoms with Gasteiger partial charge < -0.3 is 15.3 Å². The van der Waals surface area contributed by atoms with Gasteiger partial charge >= 0.3 is 12.0 Å². The van der Waals surface area contributed by atoms with Crippen LogP contribution in [0.3, 0.4) is 0 Å². The van der Waals surface area contributed by atoms with Crippen molar-refractivity contribution in [2.24, 2.45) is 0 Å². The molecule has 16 heavy (non-hydrogen) atoms. The highest BCUT2D eigenvalue weighted by Crippen LogP contribution is 1.99. The van der Waals surface area contributed by atoms with Gasteiger partial charge in [-0.15, -0.1) is 0 Å².